The molecule has 4 heteroatoms. The summed E-state index contributed by atoms with van der Waals surface area (Å²) in [6.07, 6.45) is -0.735. The van der Waals surface area contributed by atoms with E-state index in [2.05, 4.69) is 5.16 Å². The maximum atomic E-state index is 11.3. The Morgan fingerprint density at radius 3 is 2.10 bits per heavy atom. The van der Waals surface area contributed by atoms with Crippen LogP contribution in [0.4, 0.5) is 0 Å². The molecule has 102 valence electrons. The van der Waals surface area contributed by atoms with Crippen molar-refractivity contribution in [1.82, 2.24) is 0 Å². The van der Waals surface area contributed by atoms with Crippen LogP contribution in [0.2, 0.25) is 0 Å². The number of carbonyl (C=O) groups is 1. The van der Waals surface area contributed by atoms with Crippen LogP contribution in [-0.4, -0.2) is 16.9 Å². The van der Waals surface area contributed by atoms with Crippen LogP contribution < -0.4 is 0 Å². The molecular formula is C16H15NO3. The van der Waals surface area contributed by atoms with E-state index in [-0.39, 0.29) is 0 Å². The van der Waals surface area contributed by atoms with Gasteiger partial charge in [-0.15, -0.1) is 0 Å². The molecule has 4 nitrogen and oxygen atoms in total. The molecule has 0 aliphatic rings. The van der Waals surface area contributed by atoms with E-state index in [0.717, 1.165) is 5.56 Å². The second kappa shape index (κ2) is 6.52. The zero-order valence-corrected chi connectivity index (χ0v) is 11.1. The molecule has 1 atom stereocenters. The molecule has 0 unspecified atom stereocenters. The molecule has 0 aliphatic carbocycles. The highest BCUT2D eigenvalue weighted by Crippen LogP contribution is 2.23. The van der Waals surface area contributed by atoms with Crippen LogP contribution in [0.1, 0.15) is 24.2 Å². The summed E-state index contributed by atoms with van der Waals surface area (Å²) in [5.41, 5.74) is 1.75. The van der Waals surface area contributed by atoms with Gasteiger partial charge in [-0.05, 0) is 5.56 Å². The predicted octanol–water partition coefficient (Wildman–Crippen LogP) is 3.17. The topological polar surface area (TPSA) is 58.9 Å². The fourth-order valence-corrected chi connectivity index (χ4v) is 1.95. The lowest BCUT2D eigenvalue weighted by Crippen LogP contribution is -2.19. The van der Waals surface area contributed by atoms with Crippen molar-refractivity contribution < 1.29 is 14.7 Å². The van der Waals surface area contributed by atoms with Gasteiger partial charge in [-0.25, -0.2) is 0 Å². The minimum absolute atomic E-state index is 0.298. The van der Waals surface area contributed by atoms with Crippen LogP contribution in [0.25, 0.3) is 0 Å². The lowest BCUT2D eigenvalue weighted by molar-refractivity contribution is -0.143. The van der Waals surface area contributed by atoms with E-state index in [1.54, 1.807) is 12.1 Å². The zero-order chi connectivity index (χ0) is 14.4. The van der Waals surface area contributed by atoms with Gasteiger partial charge in [0.15, 0.2) is 6.10 Å². The molecule has 0 fully saturated rings. The largest absolute Gasteiger partial charge is 0.451 e. The van der Waals surface area contributed by atoms with E-state index < -0.39 is 12.1 Å². The fourth-order valence-electron chi connectivity index (χ4n) is 1.95. The van der Waals surface area contributed by atoms with Crippen molar-refractivity contribution in [3.05, 3.63) is 71.8 Å². The Morgan fingerprint density at radius 2 is 1.60 bits per heavy atom. The zero-order valence-electron chi connectivity index (χ0n) is 11.1. The summed E-state index contributed by atoms with van der Waals surface area (Å²) in [7, 11) is 0. The molecule has 0 saturated heterocycles. The third kappa shape index (κ3) is 3.23. The molecular weight excluding hydrogens is 254 g/mol. The van der Waals surface area contributed by atoms with Gasteiger partial charge in [-0.3, -0.25) is 4.79 Å². The molecule has 0 bridgehead atoms. The number of carbonyl (C=O) groups excluding carboxylic acids is 1. The summed E-state index contributed by atoms with van der Waals surface area (Å²) >= 11 is 0. The van der Waals surface area contributed by atoms with Gasteiger partial charge in [-0.2, -0.15) is 0 Å². The standard InChI is InChI=1S/C16H15NO3/c1-12(18)20-16(14-10-6-3-7-11-14)15(17-19)13-8-4-2-5-9-13/h2-11,16,19H,1H3/b17-15+/t16-/m1/s1. The highest BCUT2D eigenvalue weighted by Gasteiger charge is 2.23. The Kier molecular flexibility index (Phi) is 4.50. The molecule has 0 aliphatic heterocycles. The van der Waals surface area contributed by atoms with Crippen molar-refractivity contribution in [1.29, 1.82) is 0 Å². The van der Waals surface area contributed by atoms with Gasteiger partial charge in [0.05, 0.1) is 0 Å². The molecule has 2 aromatic rings. The van der Waals surface area contributed by atoms with Gasteiger partial charge in [0.25, 0.3) is 0 Å². The number of ether oxygens (including phenoxy) is 1. The Labute approximate surface area is 117 Å². The molecule has 0 heterocycles. The molecule has 1 N–H and O–H groups in total. The third-order valence-electron chi connectivity index (χ3n) is 2.81. The second-order valence-electron chi connectivity index (χ2n) is 4.25. The van der Waals surface area contributed by atoms with E-state index in [1.165, 1.54) is 6.92 Å². The number of oxime groups is 1. The number of esters is 1. The first-order chi connectivity index (χ1) is 9.72. The fraction of sp³-hybridized carbons (Fsp3) is 0.125. The summed E-state index contributed by atoms with van der Waals surface area (Å²) in [5.74, 6) is -0.434. The summed E-state index contributed by atoms with van der Waals surface area (Å²) in [5, 5.41) is 12.6. The number of rotatable bonds is 4. The average Bonchev–Trinajstić information content (AvgIpc) is 2.49. The van der Waals surface area contributed by atoms with Crippen LogP contribution in [0.5, 0.6) is 0 Å². The molecule has 20 heavy (non-hydrogen) atoms. The van der Waals surface area contributed by atoms with Gasteiger partial charge in [0, 0.05) is 12.5 Å². The summed E-state index contributed by atoms with van der Waals surface area (Å²) < 4.78 is 5.31. The molecule has 0 amide bonds. The van der Waals surface area contributed by atoms with Gasteiger partial charge < -0.3 is 9.94 Å². The Morgan fingerprint density at radius 1 is 1.05 bits per heavy atom. The van der Waals surface area contributed by atoms with Gasteiger partial charge in [-0.1, -0.05) is 65.8 Å². The van der Waals surface area contributed by atoms with Crippen molar-refractivity contribution >= 4 is 11.7 Å². The molecule has 2 rings (SSSR count). The molecule has 0 spiro atoms. The maximum absolute atomic E-state index is 11.3. The summed E-state index contributed by atoms with van der Waals surface area (Å²) in [6.45, 7) is 1.33. The quantitative estimate of drug-likeness (QED) is 0.401. The Bertz CT molecular complexity index is 594. The predicted molar refractivity (Wildman–Crippen MR) is 75.7 cm³/mol. The normalized spacial score (nSPS) is 12.8. The van der Waals surface area contributed by atoms with E-state index in [0.29, 0.717) is 11.3 Å². The van der Waals surface area contributed by atoms with Crippen LogP contribution in [0.15, 0.2) is 65.8 Å². The van der Waals surface area contributed by atoms with E-state index >= 15 is 0 Å². The van der Waals surface area contributed by atoms with Crippen molar-refractivity contribution in [3.8, 4) is 0 Å². The first-order valence-corrected chi connectivity index (χ1v) is 6.22. The monoisotopic (exact) mass is 269 g/mol. The SMILES string of the molecule is CC(=O)O[C@@H](/C(=N/O)c1ccccc1)c1ccccc1. The highest BCUT2D eigenvalue weighted by molar-refractivity contribution is 6.04. The molecule has 2 aromatic carbocycles. The molecule has 0 radical (unpaired) electrons. The van der Waals surface area contributed by atoms with Crippen molar-refractivity contribution in [2.75, 3.05) is 0 Å². The van der Waals surface area contributed by atoms with Crippen LogP contribution in [-0.2, 0) is 9.53 Å². The number of nitrogens with zero attached hydrogens (tertiary/aromatic N) is 1. The van der Waals surface area contributed by atoms with Crippen LogP contribution >= 0.6 is 0 Å². The number of hydrogen-bond acceptors (Lipinski definition) is 4. The van der Waals surface area contributed by atoms with Crippen LogP contribution in [0.3, 0.4) is 0 Å². The molecule has 0 aromatic heterocycles. The first kappa shape index (κ1) is 13.8. The van der Waals surface area contributed by atoms with Gasteiger partial charge >= 0.3 is 5.97 Å². The smallest absolute Gasteiger partial charge is 0.303 e. The number of hydrogen-bond donors (Lipinski definition) is 1. The van der Waals surface area contributed by atoms with E-state index in [9.17, 15) is 10.0 Å². The Balaban J connectivity index is 2.43. The average molecular weight is 269 g/mol. The van der Waals surface area contributed by atoms with E-state index in [1.807, 2.05) is 48.5 Å². The van der Waals surface area contributed by atoms with Crippen molar-refractivity contribution in [3.63, 3.8) is 0 Å². The van der Waals surface area contributed by atoms with Gasteiger partial charge in [0.1, 0.15) is 5.71 Å². The minimum atomic E-state index is -0.735. The lowest BCUT2D eigenvalue weighted by Gasteiger charge is -2.18. The molecule has 0 saturated carbocycles. The summed E-state index contributed by atoms with van der Waals surface area (Å²) in [6, 6.07) is 18.3. The second-order valence-corrected chi connectivity index (χ2v) is 4.25. The number of benzene rings is 2. The Hall–Kier alpha value is -2.62. The third-order valence-corrected chi connectivity index (χ3v) is 2.81. The lowest BCUT2D eigenvalue weighted by atomic mass is 9.99. The van der Waals surface area contributed by atoms with Crippen LogP contribution in [0, 0.1) is 0 Å². The summed E-state index contributed by atoms with van der Waals surface area (Å²) in [4.78, 5) is 11.3. The van der Waals surface area contributed by atoms with Crippen molar-refractivity contribution in [2.45, 2.75) is 13.0 Å². The van der Waals surface area contributed by atoms with E-state index in [4.69, 9.17) is 4.74 Å². The first-order valence-electron chi connectivity index (χ1n) is 6.22. The van der Waals surface area contributed by atoms with Crippen molar-refractivity contribution in [2.24, 2.45) is 5.16 Å². The minimum Gasteiger partial charge on any atom is -0.451 e. The maximum Gasteiger partial charge on any atom is 0.303 e. The highest BCUT2D eigenvalue weighted by atomic mass is 16.5. The van der Waals surface area contributed by atoms with Gasteiger partial charge in [0.2, 0.25) is 0 Å².